The molecule has 3 aliphatic heterocycles. The minimum absolute atomic E-state index is 0.815. The summed E-state index contributed by atoms with van der Waals surface area (Å²) in [4.78, 5) is 12.4. The maximum Gasteiger partial charge on any atom is 0.154 e. The molecule has 0 amide bonds. The SMILES string of the molecule is c1cc(N2CCCC2)c(N2CCCCC2)c(N2CCOCC2)n1. The van der Waals surface area contributed by atoms with E-state index in [1.165, 1.54) is 75.5 Å². The number of ether oxygens (including phenoxy) is 1. The first kappa shape index (κ1) is 15.1. The lowest BCUT2D eigenvalue weighted by atomic mass is 10.1. The van der Waals surface area contributed by atoms with Crippen LogP contribution < -0.4 is 14.7 Å². The Hall–Kier alpha value is -1.49. The van der Waals surface area contributed by atoms with Crippen LogP contribution in [0.15, 0.2) is 12.3 Å². The van der Waals surface area contributed by atoms with E-state index >= 15 is 0 Å². The van der Waals surface area contributed by atoms with E-state index in [4.69, 9.17) is 9.72 Å². The van der Waals surface area contributed by atoms with Gasteiger partial charge in [0.05, 0.1) is 18.9 Å². The second kappa shape index (κ2) is 6.95. The molecule has 3 saturated heterocycles. The Balaban J connectivity index is 1.72. The number of rotatable bonds is 3. The van der Waals surface area contributed by atoms with Gasteiger partial charge in [-0.1, -0.05) is 0 Å². The van der Waals surface area contributed by atoms with Crippen LogP contribution in [0.4, 0.5) is 17.2 Å². The third-order valence-corrected chi connectivity index (χ3v) is 5.31. The van der Waals surface area contributed by atoms with E-state index < -0.39 is 0 Å². The lowest BCUT2D eigenvalue weighted by Gasteiger charge is -2.37. The van der Waals surface area contributed by atoms with Crippen molar-refractivity contribution in [3.05, 3.63) is 12.3 Å². The highest BCUT2D eigenvalue weighted by Crippen LogP contribution is 2.40. The van der Waals surface area contributed by atoms with Crippen molar-refractivity contribution in [2.45, 2.75) is 32.1 Å². The van der Waals surface area contributed by atoms with Crippen molar-refractivity contribution in [1.29, 1.82) is 0 Å². The van der Waals surface area contributed by atoms with Gasteiger partial charge in [-0.15, -0.1) is 0 Å². The first-order valence-corrected chi connectivity index (χ1v) is 9.25. The monoisotopic (exact) mass is 316 g/mol. The van der Waals surface area contributed by atoms with Crippen molar-refractivity contribution in [1.82, 2.24) is 4.98 Å². The smallest absolute Gasteiger partial charge is 0.154 e. The third kappa shape index (κ3) is 3.11. The summed E-state index contributed by atoms with van der Waals surface area (Å²) in [5.74, 6) is 1.18. The number of pyridine rings is 1. The molecule has 4 heterocycles. The number of anilines is 3. The summed E-state index contributed by atoms with van der Waals surface area (Å²) in [6, 6.07) is 2.24. The van der Waals surface area contributed by atoms with Crippen molar-refractivity contribution in [3.63, 3.8) is 0 Å². The van der Waals surface area contributed by atoms with Gasteiger partial charge < -0.3 is 19.4 Å². The fourth-order valence-electron chi connectivity index (χ4n) is 4.07. The zero-order valence-electron chi connectivity index (χ0n) is 14.0. The van der Waals surface area contributed by atoms with Crippen LogP contribution in [-0.4, -0.2) is 57.5 Å². The number of nitrogens with zero attached hydrogens (tertiary/aromatic N) is 4. The molecule has 0 radical (unpaired) electrons. The Morgan fingerprint density at radius 2 is 1.39 bits per heavy atom. The lowest BCUT2D eigenvalue weighted by molar-refractivity contribution is 0.122. The van der Waals surface area contributed by atoms with Crippen molar-refractivity contribution in [2.24, 2.45) is 0 Å². The fraction of sp³-hybridized carbons (Fsp3) is 0.722. The average Bonchev–Trinajstić information content (AvgIpc) is 3.17. The largest absolute Gasteiger partial charge is 0.378 e. The van der Waals surface area contributed by atoms with Crippen LogP contribution >= 0.6 is 0 Å². The number of hydrogen-bond acceptors (Lipinski definition) is 5. The number of aromatic nitrogens is 1. The molecule has 0 N–H and O–H groups in total. The van der Waals surface area contributed by atoms with Gasteiger partial charge in [-0.05, 0) is 38.2 Å². The molecule has 0 atom stereocenters. The normalized spacial score (nSPS) is 22.7. The van der Waals surface area contributed by atoms with Crippen LogP contribution in [0.3, 0.4) is 0 Å². The van der Waals surface area contributed by atoms with Crippen LogP contribution in [-0.2, 0) is 4.74 Å². The van der Waals surface area contributed by atoms with Crippen LogP contribution in [0.2, 0.25) is 0 Å². The molecule has 4 rings (SSSR count). The summed E-state index contributed by atoms with van der Waals surface area (Å²) < 4.78 is 5.54. The molecular formula is C18H28N4O. The van der Waals surface area contributed by atoms with Gasteiger partial charge in [0, 0.05) is 45.5 Å². The van der Waals surface area contributed by atoms with Crippen molar-refractivity contribution in [3.8, 4) is 0 Å². The third-order valence-electron chi connectivity index (χ3n) is 5.31. The van der Waals surface area contributed by atoms with Crippen molar-refractivity contribution in [2.75, 3.05) is 67.2 Å². The lowest BCUT2D eigenvalue weighted by Crippen LogP contribution is -2.39. The summed E-state index contributed by atoms with van der Waals surface area (Å²) in [7, 11) is 0. The van der Waals surface area contributed by atoms with Gasteiger partial charge in [-0.2, -0.15) is 0 Å². The zero-order chi connectivity index (χ0) is 15.5. The minimum atomic E-state index is 0.815. The molecule has 1 aromatic rings. The van der Waals surface area contributed by atoms with E-state index in [0.717, 1.165) is 26.3 Å². The number of piperidine rings is 1. The van der Waals surface area contributed by atoms with Gasteiger partial charge in [0.2, 0.25) is 0 Å². The molecule has 126 valence electrons. The number of hydrogen-bond donors (Lipinski definition) is 0. The topological polar surface area (TPSA) is 31.8 Å². The fourth-order valence-corrected chi connectivity index (χ4v) is 4.07. The van der Waals surface area contributed by atoms with E-state index in [-0.39, 0.29) is 0 Å². The van der Waals surface area contributed by atoms with Gasteiger partial charge >= 0.3 is 0 Å². The molecule has 3 aliphatic rings. The molecule has 0 unspecified atom stereocenters. The highest BCUT2D eigenvalue weighted by Gasteiger charge is 2.27. The Labute approximate surface area is 139 Å². The van der Waals surface area contributed by atoms with E-state index in [1.807, 2.05) is 6.20 Å². The molecule has 3 fully saturated rings. The number of morpholine rings is 1. The van der Waals surface area contributed by atoms with E-state index in [9.17, 15) is 0 Å². The van der Waals surface area contributed by atoms with Gasteiger partial charge in [-0.3, -0.25) is 0 Å². The Morgan fingerprint density at radius 3 is 2.13 bits per heavy atom. The predicted molar refractivity (Wildman–Crippen MR) is 94.8 cm³/mol. The average molecular weight is 316 g/mol. The maximum absolute atomic E-state index is 5.54. The summed E-state index contributed by atoms with van der Waals surface area (Å²) in [5.41, 5.74) is 2.79. The zero-order valence-corrected chi connectivity index (χ0v) is 14.0. The second-order valence-electron chi connectivity index (χ2n) is 6.84. The van der Waals surface area contributed by atoms with Crippen LogP contribution in [0.1, 0.15) is 32.1 Å². The van der Waals surface area contributed by atoms with Crippen molar-refractivity contribution >= 4 is 17.2 Å². The Morgan fingerprint density at radius 1 is 0.739 bits per heavy atom. The first-order valence-electron chi connectivity index (χ1n) is 9.25. The highest BCUT2D eigenvalue weighted by molar-refractivity contribution is 5.82. The summed E-state index contributed by atoms with van der Waals surface area (Å²) >= 11 is 0. The van der Waals surface area contributed by atoms with Gasteiger partial charge in [0.1, 0.15) is 5.69 Å². The second-order valence-corrected chi connectivity index (χ2v) is 6.84. The maximum atomic E-state index is 5.54. The quantitative estimate of drug-likeness (QED) is 0.855. The molecule has 0 aromatic carbocycles. The Bertz CT molecular complexity index is 518. The predicted octanol–water partition coefficient (Wildman–Crippen LogP) is 2.51. The molecule has 0 saturated carbocycles. The minimum Gasteiger partial charge on any atom is -0.378 e. The standard InChI is InChI=1S/C18H28N4O/c1-2-10-21(11-3-1)17-16(20-8-4-5-9-20)6-7-19-18(17)22-12-14-23-15-13-22/h6-7H,1-5,8-15H2. The van der Waals surface area contributed by atoms with E-state index in [1.54, 1.807) is 0 Å². The molecule has 0 bridgehead atoms. The van der Waals surface area contributed by atoms with E-state index in [2.05, 4.69) is 20.8 Å². The van der Waals surface area contributed by atoms with Crippen LogP contribution in [0.25, 0.3) is 0 Å². The highest BCUT2D eigenvalue weighted by atomic mass is 16.5. The van der Waals surface area contributed by atoms with Crippen LogP contribution in [0.5, 0.6) is 0 Å². The molecule has 5 heteroatoms. The van der Waals surface area contributed by atoms with Crippen LogP contribution in [0, 0.1) is 0 Å². The molecule has 1 aromatic heterocycles. The van der Waals surface area contributed by atoms with Gasteiger partial charge in [0.25, 0.3) is 0 Å². The van der Waals surface area contributed by atoms with Crippen molar-refractivity contribution < 1.29 is 4.74 Å². The molecule has 0 spiro atoms. The molecule has 5 nitrogen and oxygen atoms in total. The Kier molecular flexibility index (Phi) is 4.55. The van der Waals surface area contributed by atoms with E-state index in [0.29, 0.717) is 0 Å². The summed E-state index contributed by atoms with van der Waals surface area (Å²) in [6.45, 7) is 8.26. The summed E-state index contributed by atoms with van der Waals surface area (Å²) in [5, 5.41) is 0. The molecule has 23 heavy (non-hydrogen) atoms. The molecule has 0 aliphatic carbocycles. The molecular weight excluding hydrogens is 288 g/mol. The van der Waals surface area contributed by atoms with Gasteiger partial charge in [-0.25, -0.2) is 4.98 Å². The summed E-state index contributed by atoms with van der Waals surface area (Å²) in [6.07, 6.45) is 8.60. The first-order chi connectivity index (χ1) is 11.4. The van der Waals surface area contributed by atoms with Gasteiger partial charge in [0.15, 0.2) is 5.82 Å².